The minimum Gasteiger partial charge on any atom is -0.370 e. The van der Waals surface area contributed by atoms with Gasteiger partial charge in [-0.2, -0.15) is 0 Å². The number of nitrogens with one attached hydrogen (secondary N) is 1. The molecule has 3 rings (SSSR count). The van der Waals surface area contributed by atoms with E-state index in [1.807, 2.05) is 24.3 Å². The summed E-state index contributed by atoms with van der Waals surface area (Å²) in [5.74, 6) is 0.392. The van der Waals surface area contributed by atoms with Crippen molar-refractivity contribution >= 4 is 46.4 Å². The van der Waals surface area contributed by atoms with Crippen molar-refractivity contribution < 1.29 is 0 Å². The van der Waals surface area contributed by atoms with Gasteiger partial charge in [-0.1, -0.05) is 30.3 Å². The van der Waals surface area contributed by atoms with Crippen LogP contribution in [-0.2, 0) is 6.54 Å². The smallest absolute Gasteiger partial charge is 0.193 e. The van der Waals surface area contributed by atoms with Gasteiger partial charge in [0.2, 0.25) is 0 Å². The number of fused-ring (bicyclic) bond motifs is 1. The van der Waals surface area contributed by atoms with E-state index in [1.165, 1.54) is 11.1 Å². The van der Waals surface area contributed by atoms with Crippen molar-refractivity contribution in [3.63, 3.8) is 0 Å². The number of hydrogen-bond donors (Lipinski definition) is 2. The monoisotopic (exact) mass is 432 g/mol. The number of pyridine rings is 1. The van der Waals surface area contributed by atoms with E-state index in [0.717, 1.165) is 22.2 Å². The molecule has 0 amide bonds. The lowest BCUT2D eigenvalue weighted by atomic mass is 10.1. The number of aromatic nitrogens is 1. The molecule has 3 aromatic rings. The number of hydrogen-bond acceptors (Lipinski definition) is 2. The Labute approximate surface area is 159 Å². The second-order valence-electron chi connectivity index (χ2n) is 5.60. The molecule has 1 heterocycles. The topological polar surface area (TPSA) is 63.3 Å². The molecule has 24 heavy (non-hydrogen) atoms. The third-order valence-electron chi connectivity index (χ3n) is 3.93. The van der Waals surface area contributed by atoms with E-state index in [2.05, 4.69) is 53.4 Å². The summed E-state index contributed by atoms with van der Waals surface area (Å²) < 4.78 is 0. The van der Waals surface area contributed by atoms with Gasteiger partial charge in [0.15, 0.2) is 5.96 Å². The van der Waals surface area contributed by atoms with Crippen LogP contribution in [0.15, 0.2) is 59.7 Å². The van der Waals surface area contributed by atoms with Gasteiger partial charge in [0.25, 0.3) is 0 Å². The molecule has 0 saturated heterocycles. The molecule has 4 nitrogen and oxygen atoms in total. The second kappa shape index (κ2) is 8.10. The van der Waals surface area contributed by atoms with Crippen molar-refractivity contribution in [2.24, 2.45) is 10.7 Å². The van der Waals surface area contributed by atoms with Crippen molar-refractivity contribution in [3.8, 4) is 0 Å². The Bertz CT molecular complexity index is 869. The highest BCUT2D eigenvalue weighted by Crippen LogP contribution is 2.17. The van der Waals surface area contributed by atoms with E-state index < -0.39 is 0 Å². The molecule has 0 saturated carbocycles. The molecule has 0 unspecified atom stereocenters. The molecule has 124 valence electrons. The number of nitrogens with two attached hydrogens (primary N) is 1. The first kappa shape index (κ1) is 18.2. The standard InChI is InChI=1S/C19H20N4.HI/c1-13-7-8-16(11-14(13)2)23-19(20)22-12-18-17-6-4-3-5-15(17)9-10-21-18;/h3-11H,12H2,1-2H3,(H3,20,22,23);1H. The average molecular weight is 432 g/mol. The maximum atomic E-state index is 6.00. The Balaban J connectivity index is 0.00000208. The molecule has 0 atom stereocenters. The van der Waals surface area contributed by atoms with Crippen LogP contribution >= 0.6 is 24.0 Å². The van der Waals surface area contributed by atoms with Gasteiger partial charge in [0.05, 0.1) is 12.2 Å². The zero-order chi connectivity index (χ0) is 16.2. The van der Waals surface area contributed by atoms with E-state index in [4.69, 9.17) is 5.73 Å². The first-order valence-electron chi connectivity index (χ1n) is 7.60. The number of guanidine groups is 1. The first-order chi connectivity index (χ1) is 11.1. The highest BCUT2D eigenvalue weighted by Gasteiger charge is 2.02. The van der Waals surface area contributed by atoms with E-state index in [-0.39, 0.29) is 24.0 Å². The predicted molar refractivity (Wildman–Crippen MR) is 112 cm³/mol. The lowest BCUT2D eigenvalue weighted by molar-refractivity contribution is 1.00. The molecule has 0 spiro atoms. The summed E-state index contributed by atoms with van der Waals surface area (Å²) in [7, 11) is 0. The highest BCUT2D eigenvalue weighted by molar-refractivity contribution is 14.0. The molecular formula is C19H21IN4. The summed E-state index contributed by atoms with van der Waals surface area (Å²) >= 11 is 0. The van der Waals surface area contributed by atoms with Crippen molar-refractivity contribution in [2.75, 3.05) is 5.32 Å². The predicted octanol–water partition coefficient (Wildman–Crippen LogP) is 4.40. The van der Waals surface area contributed by atoms with Gasteiger partial charge in [-0.25, -0.2) is 4.99 Å². The molecule has 3 N–H and O–H groups in total. The largest absolute Gasteiger partial charge is 0.370 e. The first-order valence-corrected chi connectivity index (χ1v) is 7.60. The zero-order valence-electron chi connectivity index (χ0n) is 13.8. The van der Waals surface area contributed by atoms with Crippen molar-refractivity contribution in [1.29, 1.82) is 0 Å². The fraction of sp³-hybridized carbons (Fsp3) is 0.158. The lowest BCUT2D eigenvalue weighted by Gasteiger charge is -2.08. The minimum absolute atomic E-state index is 0. The van der Waals surface area contributed by atoms with Crippen LogP contribution in [0.5, 0.6) is 0 Å². The third-order valence-corrected chi connectivity index (χ3v) is 3.93. The molecule has 0 aliphatic carbocycles. The number of rotatable bonds is 3. The molecular weight excluding hydrogens is 411 g/mol. The maximum Gasteiger partial charge on any atom is 0.193 e. The van der Waals surface area contributed by atoms with Crippen LogP contribution in [0.4, 0.5) is 5.69 Å². The summed E-state index contributed by atoms with van der Waals surface area (Å²) in [4.78, 5) is 8.83. The molecule has 0 radical (unpaired) electrons. The van der Waals surface area contributed by atoms with Gasteiger partial charge in [0, 0.05) is 17.3 Å². The quantitative estimate of drug-likeness (QED) is 0.367. The van der Waals surface area contributed by atoms with Crippen LogP contribution in [0.25, 0.3) is 10.8 Å². The summed E-state index contributed by atoms with van der Waals surface area (Å²) in [6, 6.07) is 16.3. The Morgan fingerprint density at radius 3 is 2.67 bits per heavy atom. The zero-order valence-corrected chi connectivity index (χ0v) is 16.1. The molecule has 5 heteroatoms. The molecule has 0 bridgehead atoms. The van der Waals surface area contributed by atoms with Gasteiger partial charge in [-0.05, 0) is 48.6 Å². The third kappa shape index (κ3) is 4.23. The fourth-order valence-electron chi connectivity index (χ4n) is 2.47. The van der Waals surface area contributed by atoms with Crippen LogP contribution in [0.3, 0.4) is 0 Å². The Hall–Kier alpha value is -2.15. The maximum absolute atomic E-state index is 6.00. The van der Waals surface area contributed by atoms with E-state index in [9.17, 15) is 0 Å². The van der Waals surface area contributed by atoms with Crippen LogP contribution in [0.2, 0.25) is 0 Å². The van der Waals surface area contributed by atoms with Crippen molar-refractivity contribution in [1.82, 2.24) is 4.98 Å². The van der Waals surface area contributed by atoms with Gasteiger partial charge in [-0.15, -0.1) is 24.0 Å². The van der Waals surface area contributed by atoms with Crippen LogP contribution < -0.4 is 11.1 Å². The Morgan fingerprint density at radius 2 is 1.88 bits per heavy atom. The van der Waals surface area contributed by atoms with Gasteiger partial charge >= 0.3 is 0 Å². The summed E-state index contributed by atoms with van der Waals surface area (Å²) in [5, 5.41) is 5.40. The average Bonchev–Trinajstić information content (AvgIpc) is 2.56. The van der Waals surface area contributed by atoms with Gasteiger partial charge in [-0.3, -0.25) is 4.98 Å². The molecule has 0 fully saturated rings. The summed E-state index contributed by atoms with van der Waals surface area (Å²) in [6.45, 7) is 4.61. The summed E-state index contributed by atoms with van der Waals surface area (Å²) in [5.41, 5.74) is 10.3. The Morgan fingerprint density at radius 1 is 1.08 bits per heavy atom. The number of nitrogens with zero attached hydrogens (tertiary/aromatic N) is 2. The van der Waals surface area contributed by atoms with Crippen LogP contribution in [0, 0.1) is 13.8 Å². The van der Waals surface area contributed by atoms with Crippen molar-refractivity contribution in [2.45, 2.75) is 20.4 Å². The highest BCUT2D eigenvalue weighted by atomic mass is 127. The van der Waals surface area contributed by atoms with Gasteiger partial charge < -0.3 is 11.1 Å². The van der Waals surface area contributed by atoms with Crippen molar-refractivity contribution in [3.05, 3.63) is 71.5 Å². The molecule has 0 aliphatic rings. The molecule has 0 aliphatic heterocycles. The molecule has 1 aromatic heterocycles. The number of aliphatic imine (C=N–C) groups is 1. The van der Waals surface area contributed by atoms with Gasteiger partial charge in [0.1, 0.15) is 0 Å². The Kier molecular flexibility index (Phi) is 6.14. The molecule has 2 aromatic carbocycles. The fourth-order valence-corrected chi connectivity index (χ4v) is 2.47. The van der Waals surface area contributed by atoms with E-state index in [1.54, 1.807) is 6.20 Å². The number of anilines is 1. The second-order valence-corrected chi connectivity index (χ2v) is 5.60. The SMILES string of the molecule is Cc1ccc(NC(N)=NCc2nccc3ccccc23)cc1C.I. The lowest BCUT2D eigenvalue weighted by Crippen LogP contribution is -2.22. The number of benzene rings is 2. The number of aryl methyl sites for hydroxylation is 2. The van der Waals surface area contributed by atoms with E-state index >= 15 is 0 Å². The van der Waals surface area contributed by atoms with Crippen LogP contribution in [0.1, 0.15) is 16.8 Å². The summed E-state index contributed by atoms with van der Waals surface area (Å²) in [6.07, 6.45) is 1.81. The minimum atomic E-state index is 0. The van der Waals surface area contributed by atoms with Crippen LogP contribution in [-0.4, -0.2) is 10.9 Å². The van der Waals surface area contributed by atoms with E-state index in [0.29, 0.717) is 12.5 Å². The normalized spacial score (nSPS) is 11.2. The number of halogens is 1.